The van der Waals surface area contributed by atoms with Crippen molar-refractivity contribution in [3.05, 3.63) is 47.8 Å². The molecule has 3 aromatic rings. The molecule has 4 nitrogen and oxygen atoms in total. The van der Waals surface area contributed by atoms with Gasteiger partial charge >= 0.3 is 0 Å². The fraction of sp³-hybridized carbons (Fsp3) is 0.188. The molecule has 0 radical (unpaired) electrons. The molecule has 0 amide bonds. The smallest absolute Gasteiger partial charge is 0.145 e. The summed E-state index contributed by atoms with van der Waals surface area (Å²) in [5, 5.41) is 9.39. The molecule has 0 unspecified atom stereocenters. The zero-order chi connectivity index (χ0) is 14.1. The van der Waals surface area contributed by atoms with Gasteiger partial charge in [-0.3, -0.25) is 4.98 Å². The largest absolute Gasteiger partial charge is 0.494 e. The molecule has 0 saturated heterocycles. The van der Waals surface area contributed by atoms with Gasteiger partial charge in [0.2, 0.25) is 0 Å². The average Bonchev–Trinajstić information content (AvgIpc) is 2.49. The summed E-state index contributed by atoms with van der Waals surface area (Å²) < 4.78 is 5.37. The van der Waals surface area contributed by atoms with E-state index in [-0.39, 0.29) is 0 Å². The highest BCUT2D eigenvalue weighted by molar-refractivity contribution is 5.97. The van der Waals surface area contributed by atoms with Crippen LogP contribution in [-0.4, -0.2) is 22.3 Å². The number of hydrogen-bond acceptors (Lipinski definition) is 4. The monoisotopic (exact) mass is 265 g/mol. The molecule has 100 valence electrons. The molecular formula is C16H15N3O. The Morgan fingerprint density at radius 1 is 1.10 bits per heavy atom. The summed E-state index contributed by atoms with van der Waals surface area (Å²) in [5.41, 5.74) is 5.03. The summed E-state index contributed by atoms with van der Waals surface area (Å²) in [4.78, 5) is 4.42. The SMILES string of the molecule is COc1ccc(-c2nncc(C)c2C)c2cccnc12. The normalized spacial score (nSPS) is 10.8. The molecule has 1 aromatic carbocycles. The first kappa shape index (κ1) is 12.5. The molecule has 0 N–H and O–H groups in total. The van der Waals surface area contributed by atoms with Crippen LogP contribution in [0.4, 0.5) is 0 Å². The number of aryl methyl sites for hydroxylation is 1. The lowest BCUT2D eigenvalue weighted by atomic mass is 10.00. The fourth-order valence-electron chi connectivity index (χ4n) is 2.31. The van der Waals surface area contributed by atoms with Crippen molar-refractivity contribution in [3.8, 4) is 17.0 Å². The summed E-state index contributed by atoms with van der Waals surface area (Å²) in [6, 6.07) is 7.89. The molecule has 3 rings (SSSR count). The van der Waals surface area contributed by atoms with Crippen LogP contribution in [0.25, 0.3) is 22.2 Å². The van der Waals surface area contributed by atoms with E-state index < -0.39 is 0 Å². The molecule has 20 heavy (non-hydrogen) atoms. The van der Waals surface area contributed by atoms with Crippen molar-refractivity contribution in [1.82, 2.24) is 15.2 Å². The van der Waals surface area contributed by atoms with Gasteiger partial charge in [-0.25, -0.2) is 0 Å². The minimum atomic E-state index is 0.766. The summed E-state index contributed by atoms with van der Waals surface area (Å²) in [7, 11) is 1.65. The number of aromatic nitrogens is 3. The lowest BCUT2D eigenvalue weighted by Gasteiger charge is -2.11. The summed E-state index contributed by atoms with van der Waals surface area (Å²) >= 11 is 0. The van der Waals surface area contributed by atoms with Gasteiger partial charge in [0.25, 0.3) is 0 Å². The van der Waals surface area contributed by atoms with Gasteiger partial charge < -0.3 is 4.74 Å². The summed E-state index contributed by atoms with van der Waals surface area (Å²) in [6.07, 6.45) is 3.55. The number of methoxy groups -OCH3 is 1. The van der Waals surface area contributed by atoms with Gasteiger partial charge in [-0.15, -0.1) is 0 Å². The number of rotatable bonds is 2. The van der Waals surface area contributed by atoms with Gasteiger partial charge in [0.15, 0.2) is 0 Å². The first-order valence-corrected chi connectivity index (χ1v) is 6.43. The number of hydrogen-bond donors (Lipinski definition) is 0. The van der Waals surface area contributed by atoms with Crippen LogP contribution in [-0.2, 0) is 0 Å². The minimum absolute atomic E-state index is 0.766. The van der Waals surface area contributed by atoms with E-state index in [9.17, 15) is 0 Å². The third-order valence-corrected chi connectivity index (χ3v) is 3.56. The van der Waals surface area contributed by atoms with Crippen molar-refractivity contribution < 1.29 is 4.74 Å². The van der Waals surface area contributed by atoms with E-state index in [0.29, 0.717) is 0 Å². The van der Waals surface area contributed by atoms with Crippen molar-refractivity contribution in [1.29, 1.82) is 0 Å². The number of benzene rings is 1. The molecule has 2 aromatic heterocycles. The van der Waals surface area contributed by atoms with Gasteiger partial charge in [0.05, 0.1) is 19.0 Å². The van der Waals surface area contributed by atoms with Crippen molar-refractivity contribution in [2.45, 2.75) is 13.8 Å². The van der Waals surface area contributed by atoms with Gasteiger partial charge in [-0.05, 0) is 43.2 Å². The molecule has 2 heterocycles. The number of ether oxygens (including phenoxy) is 1. The van der Waals surface area contributed by atoms with Crippen LogP contribution in [0.2, 0.25) is 0 Å². The highest BCUT2D eigenvalue weighted by Gasteiger charge is 2.13. The minimum Gasteiger partial charge on any atom is -0.494 e. The zero-order valence-corrected chi connectivity index (χ0v) is 11.7. The van der Waals surface area contributed by atoms with Crippen LogP contribution in [0.5, 0.6) is 5.75 Å². The molecule has 0 aliphatic carbocycles. The van der Waals surface area contributed by atoms with E-state index in [1.807, 2.05) is 31.2 Å². The predicted octanol–water partition coefficient (Wildman–Crippen LogP) is 3.32. The summed E-state index contributed by atoms with van der Waals surface area (Å²) in [6.45, 7) is 4.10. The third-order valence-electron chi connectivity index (χ3n) is 3.56. The first-order valence-electron chi connectivity index (χ1n) is 6.43. The van der Waals surface area contributed by atoms with E-state index in [0.717, 1.165) is 39.0 Å². The molecule has 0 aliphatic rings. The number of nitrogens with zero attached hydrogens (tertiary/aromatic N) is 3. The van der Waals surface area contributed by atoms with Crippen molar-refractivity contribution in [3.63, 3.8) is 0 Å². The number of fused-ring (bicyclic) bond motifs is 1. The molecule has 0 spiro atoms. The van der Waals surface area contributed by atoms with Gasteiger partial charge in [-0.2, -0.15) is 10.2 Å². The Hall–Kier alpha value is -2.49. The molecule has 0 saturated carbocycles. The maximum absolute atomic E-state index is 5.37. The fourth-order valence-corrected chi connectivity index (χ4v) is 2.31. The molecule has 4 heteroatoms. The van der Waals surface area contributed by atoms with E-state index in [1.54, 1.807) is 19.5 Å². The van der Waals surface area contributed by atoms with Crippen LogP contribution in [0, 0.1) is 13.8 Å². The van der Waals surface area contributed by atoms with Gasteiger partial charge in [-0.1, -0.05) is 6.07 Å². The molecule has 0 aliphatic heterocycles. The average molecular weight is 265 g/mol. The third kappa shape index (κ3) is 1.90. The highest BCUT2D eigenvalue weighted by Crippen LogP contribution is 2.33. The Labute approximate surface area is 117 Å². The van der Waals surface area contributed by atoms with Gasteiger partial charge in [0, 0.05) is 17.1 Å². The van der Waals surface area contributed by atoms with E-state index >= 15 is 0 Å². The van der Waals surface area contributed by atoms with Crippen LogP contribution in [0.3, 0.4) is 0 Å². The second-order valence-electron chi connectivity index (χ2n) is 4.72. The topological polar surface area (TPSA) is 47.9 Å². The van der Waals surface area contributed by atoms with Crippen LogP contribution >= 0.6 is 0 Å². The number of pyridine rings is 1. The Morgan fingerprint density at radius 3 is 2.75 bits per heavy atom. The lowest BCUT2D eigenvalue weighted by molar-refractivity contribution is 0.419. The maximum Gasteiger partial charge on any atom is 0.145 e. The Kier molecular flexibility index (Phi) is 3.06. The standard InChI is InChI=1S/C16H15N3O/c1-10-9-18-19-15(11(10)2)13-6-7-14(20-3)16-12(13)5-4-8-17-16/h4-9H,1-3H3. The quantitative estimate of drug-likeness (QED) is 0.713. The highest BCUT2D eigenvalue weighted by atomic mass is 16.5. The Morgan fingerprint density at radius 2 is 1.95 bits per heavy atom. The van der Waals surface area contributed by atoms with E-state index in [1.165, 1.54) is 0 Å². The predicted molar refractivity (Wildman–Crippen MR) is 78.8 cm³/mol. The Bertz CT molecular complexity index is 784. The van der Waals surface area contributed by atoms with E-state index in [4.69, 9.17) is 4.74 Å². The van der Waals surface area contributed by atoms with E-state index in [2.05, 4.69) is 22.1 Å². The van der Waals surface area contributed by atoms with Gasteiger partial charge in [0.1, 0.15) is 11.3 Å². The van der Waals surface area contributed by atoms with Crippen LogP contribution in [0.15, 0.2) is 36.7 Å². The van der Waals surface area contributed by atoms with Crippen molar-refractivity contribution in [2.75, 3.05) is 7.11 Å². The summed E-state index contributed by atoms with van der Waals surface area (Å²) in [5.74, 6) is 0.766. The van der Waals surface area contributed by atoms with Crippen LogP contribution < -0.4 is 4.74 Å². The van der Waals surface area contributed by atoms with Crippen molar-refractivity contribution in [2.24, 2.45) is 0 Å². The molecular weight excluding hydrogens is 250 g/mol. The van der Waals surface area contributed by atoms with Crippen molar-refractivity contribution >= 4 is 10.9 Å². The molecule has 0 atom stereocenters. The maximum atomic E-state index is 5.37. The zero-order valence-electron chi connectivity index (χ0n) is 11.7. The first-order chi connectivity index (χ1) is 9.72. The van der Waals surface area contributed by atoms with Crippen LogP contribution in [0.1, 0.15) is 11.1 Å². The second kappa shape index (κ2) is 4.89. The molecule has 0 bridgehead atoms. The molecule has 0 fully saturated rings. The lowest BCUT2D eigenvalue weighted by Crippen LogP contribution is -1.96. The second-order valence-corrected chi connectivity index (χ2v) is 4.72. The Balaban J connectivity index is 2.35.